The van der Waals surface area contributed by atoms with Crippen molar-refractivity contribution in [3.05, 3.63) is 0 Å². The van der Waals surface area contributed by atoms with Crippen LogP contribution < -0.4 is 0 Å². The van der Waals surface area contributed by atoms with Crippen LogP contribution in [0.1, 0.15) is 38.5 Å². The van der Waals surface area contributed by atoms with Crippen molar-refractivity contribution < 1.29 is 5.11 Å². The molecule has 6 atom stereocenters. The van der Waals surface area contributed by atoms with Gasteiger partial charge in [0.2, 0.25) is 0 Å². The van der Waals surface area contributed by atoms with Gasteiger partial charge >= 0.3 is 0 Å². The molecule has 13 heavy (non-hydrogen) atoms. The molecule has 0 amide bonds. The van der Waals surface area contributed by atoms with E-state index in [-0.39, 0.29) is 6.10 Å². The molecule has 4 aliphatic rings. The van der Waals surface area contributed by atoms with Crippen LogP contribution in [0.5, 0.6) is 0 Å². The molecule has 1 heteroatoms. The fraction of sp³-hybridized carbons (Fsp3) is 1.00. The largest absolute Gasteiger partial charge is 0.393 e. The van der Waals surface area contributed by atoms with E-state index in [1.165, 1.54) is 32.1 Å². The molecule has 1 N–H and O–H groups in total. The summed E-state index contributed by atoms with van der Waals surface area (Å²) in [5.41, 5.74) is 0.452. The molecule has 0 aromatic heterocycles. The van der Waals surface area contributed by atoms with Crippen LogP contribution in [-0.2, 0) is 0 Å². The summed E-state index contributed by atoms with van der Waals surface area (Å²) in [7, 11) is 0. The SMILES string of the molecule is O[C@@H]1C[C@H]2C[C@@H]3[C@H]4CC[C@@H](C4)[C@@]13C2. The third-order valence-electron chi connectivity index (χ3n) is 5.90. The lowest BCUT2D eigenvalue weighted by Gasteiger charge is -2.42. The molecule has 0 saturated heterocycles. The van der Waals surface area contributed by atoms with Crippen LogP contribution in [0.3, 0.4) is 0 Å². The van der Waals surface area contributed by atoms with Gasteiger partial charge in [-0.3, -0.25) is 0 Å². The maximum absolute atomic E-state index is 10.2. The highest BCUT2D eigenvalue weighted by atomic mass is 16.3. The molecule has 4 bridgehead atoms. The Morgan fingerprint density at radius 2 is 2.00 bits per heavy atom. The molecule has 0 aromatic rings. The maximum atomic E-state index is 10.2. The van der Waals surface area contributed by atoms with Crippen LogP contribution in [0.25, 0.3) is 0 Å². The molecule has 0 unspecified atom stereocenters. The molecular formula is C12H18O. The van der Waals surface area contributed by atoms with Crippen molar-refractivity contribution in [3.8, 4) is 0 Å². The molecule has 0 radical (unpaired) electrons. The summed E-state index contributed by atoms with van der Waals surface area (Å²) in [4.78, 5) is 0. The molecule has 1 spiro atoms. The van der Waals surface area contributed by atoms with Crippen LogP contribution in [0.15, 0.2) is 0 Å². The van der Waals surface area contributed by atoms with Gasteiger partial charge < -0.3 is 5.11 Å². The Labute approximate surface area is 79.5 Å². The molecule has 0 aliphatic heterocycles. The Morgan fingerprint density at radius 3 is 2.77 bits per heavy atom. The van der Waals surface area contributed by atoms with Gasteiger partial charge in [-0.25, -0.2) is 0 Å². The fourth-order valence-electron chi connectivity index (χ4n) is 5.65. The molecular weight excluding hydrogens is 160 g/mol. The highest BCUT2D eigenvalue weighted by Crippen LogP contribution is 2.73. The van der Waals surface area contributed by atoms with Gasteiger partial charge in [0, 0.05) is 5.41 Å². The van der Waals surface area contributed by atoms with E-state index < -0.39 is 0 Å². The number of fused-ring (bicyclic) bond motifs is 4. The van der Waals surface area contributed by atoms with E-state index in [0.29, 0.717) is 5.41 Å². The van der Waals surface area contributed by atoms with Crippen molar-refractivity contribution in [1.82, 2.24) is 0 Å². The second-order valence-corrected chi connectivity index (χ2v) is 6.05. The molecule has 0 aromatic carbocycles. The number of aliphatic hydroxyl groups is 1. The van der Waals surface area contributed by atoms with Crippen LogP contribution >= 0.6 is 0 Å². The standard InChI is InChI=1S/C12H18O/c13-11-4-7-3-10-8-1-2-9(5-8)12(10,11)6-7/h7-11,13H,1-6H2/t7-,8+,9+,10-,11-,12-/m1/s1. The van der Waals surface area contributed by atoms with Gasteiger partial charge in [-0.2, -0.15) is 0 Å². The van der Waals surface area contributed by atoms with Crippen LogP contribution in [0, 0.1) is 29.1 Å². The van der Waals surface area contributed by atoms with Gasteiger partial charge in [0.05, 0.1) is 6.10 Å². The average molecular weight is 178 g/mol. The molecule has 4 aliphatic carbocycles. The van der Waals surface area contributed by atoms with Gasteiger partial charge in [-0.1, -0.05) is 0 Å². The van der Waals surface area contributed by atoms with Crippen LogP contribution in [0.4, 0.5) is 0 Å². The van der Waals surface area contributed by atoms with E-state index in [9.17, 15) is 5.11 Å². The third kappa shape index (κ3) is 0.614. The first-order valence-corrected chi connectivity index (χ1v) is 5.99. The number of aliphatic hydroxyl groups excluding tert-OH is 1. The van der Waals surface area contributed by atoms with E-state index in [4.69, 9.17) is 0 Å². The molecule has 4 rings (SSSR count). The zero-order chi connectivity index (χ0) is 8.63. The molecule has 4 fully saturated rings. The number of rotatable bonds is 0. The van der Waals surface area contributed by atoms with Gasteiger partial charge in [-0.05, 0) is 62.2 Å². The predicted molar refractivity (Wildman–Crippen MR) is 50.1 cm³/mol. The summed E-state index contributed by atoms with van der Waals surface area (Å²) in [5.74, 6) is 3.79. The van der Waals surface area contributed by atoms with Crippen molar-refractivity contribution in [1.29, 1.82) is 0 Å². The highest BCUT2D eigenvalue weighted by molar-refractivity contribution is 5.17. The summed E-state index contributed by atoms with van der Waals surface area (Å²) >= 11 is 0. The van der Waals surface area contributed by atoms with Gasteiger partial charge in [-0.15, -0.1) is 0 Å². The summed E-state index contributed by atoms with van der Waals surface area (Å²) in [6, 6.07) is 0. The summed E-state index contributed by atoms with van der Waals surface area (Å²) in [6.45, 7) is 0. The monoisotopic (exact) mass is 178 g/mol. The van der Waals surface area contributed by atoms with E-state index in [1.54, 1.807) is 0 Å². The molecule has 4 saturated carbocycles. The minimum absolute atomic E-state index is 0.0894. The third-order valence-corrected chi connectivity index (χ3v) is 5.90. The minimum Gasteiger partial charge on any atom is -0.393 e. The summed E-state index contributed by atoms with van der Waals surface area (Å²) in [6.07, 6.45) is 8.47. The second kappa shape index (κ2) is 1.98. The normalized spacial score (nSPS) is 67.6. The predicted octanol–water partition coefficient (Wildman–Crippen LogP) is 2.19. The van der Waals surface area contributed by atoms with Gasteiger partial charge in [0.15, 0.2) is 0 Å². The Morgan fingerprint density at radius 1 is 1.08 bits per heavy atom. The van der Waals surface area contributed by atoms with Crippen molar-refractivity contribution in [2.24, 2.45) is 29.1 Å². The topological polar surface area (TPSA) is 20.2 Å². The lowest BCUT2D eigenvalue weighted by Crippen LogP contribution is -2.41. The maximum Gasteiger partial charge on any atom is 0.0604 e. The van der Waals surface area contributed by atoms with Gasteiger partial charge in [0.25, 0.3) is 0 Å². The Kier molecular flexibility index (Phi) is 1.11. The zero-order valence-electron chi connectivity index (χ0n) is 8.08. The Bertz CT molecular complexity index is 262. The first-order valence-electron chi connectivity index (χ1n) is 5.99. The van der Waals surface area contributed by atoms with Crippen molar-refractivity contribution >= 4 is 0 Å². The quantitative estimate of drug-likeness (QED) is 0.603. The van der Waals surface area contributed by atoms with Crippen LogP contribution in [-0.4, -0.2) is 11.2 Å². The van der Waals surface area contributed by atoms with Gasteiger partial charge in [0.1, 0.15) is 0 Å². The molecule has 72 valence electrons. The van der Waals surface area contributed by atoms with Crippen LogP contribution in [0.2, 0.25) is 0 Å². The number of hydrogen-bond donors (Lipinski definition) is 1. The smallest absolute Gasteiger partial charge is 0.0604 e. The van der Waals surface area contributed by atoms with E-state index in [1.807, 2.05) is 0 Å². The lowest BCUT2D eigenvalue weighted by atomic mass is 9.65. The summed E-state index contributed by atoms with van der Waals surface area (Å²) < 4.78 is 0. The van der Waals surface area contributed by atoms with E-state index in [2.05, 4.69) is 0 Å². The first-order chi connectivity index (χ1) is 6.30. The van der Waals surface area contributed by atoms with Crippen molar-refractivity contribution in [2.75, 3.05) is 0 Å². The van der Waals surface area contributed by atoms with E-state index in [0.717, 1.165) is 30.1 Å². The lowest BCUT2D eigenvalue weighted by molar-refractivity contribution is -0.0344. The Hall–Kier alpha value is -0.0400. The van der Waals surface area contributed by atoms with Crippen molar-refractivity contribution in [2.45, 2.75) is 44.6 Å². The fourth-order valence-corrected chi connectivity index (χ4v) is 5.65. The summed E-state index contributed by atoms with van der Waals surface area (Å²) in [5, 5.41) is 10.2. The van der Waals surface area contributed by atoms with Crippen molar-refractivity contribution in [3.63, 3.8) is 0 Å². The molecule has 1 nitrogen and oxygen atoms in total. The average Bonchev–Trinajstić information content (AvgIpc) is 2.76. The Balaban J connectivity index is 1.85. The molecule has 0 heterocycles. The minimum atomic E-state index is 0.0894. The first kappa shape index (κ1) is 7.28. The highest BCUT2D eigenvalue weighted by Gasteiger charge is 2.68. The number of hydrogen-bond acceptors (Lipinski definition) is 1. The second-order valence-electron chi connectivity index (χ2n) is 6.05. The zero-order valence-corrected chi connectivity index (χ0v) is 8.08. The van der Waals surface area contributed by atoms with E-state index >= 15 is 0 Å².